The summed E-state index contributed by atoms with van der Waals surface area (Å²) in [6, 6.07) is 4.37. The van der Waals surface area contributed by atoms with Crippen LogP contribution in [0.25, 0.3) is 0 Å². The molecule has 2 nitrogen and oxygen atoms in total. The van der Waals surface area contributed by atoms with E-state index in [1.54, 1.807) is 0 Å². The SMILES string of the molecule is NCC1(CCc2cccs2)CCOC1C1CC1. The van der Waals surface area contributed by atoms with Gasteiger partial charge in [-0.15, -0.1) is 11.3 Å². The predicted molar refractivity (Wildman–Crippen MR) is 71.2 cm³/mol. The van der Waals surface area contributed by atoms with Gasteiger partial charge in [0, 0.05) is 23.4 Å². The highest BCUT2D eigenvalue weighted by atomic mass is 32.1. The van der Waals surface area contributed by atoms with Crippen molar-refractivity contribution in [2.75, 3.05) is 13.2 Å². The van der Waals surface area contributed by atoms with Gasteiger partial charge < -0.3 is 10.5 Å². The highest BCUT2D eigenvalue weighted by molar-refractivity contribution is 7.09. The van der Waals surface area contributed by atoms with Gasteiger partial charge in [-0.1, -0.05) is 6.07 Å². The van der Waals surface area contributed by atoms with Gasteiger partial charge in [0.25, 0.3) is 0 Å². The molecule has 3 rings (SSSR count). The average molecular weight is 251 g/mol. The first-order valence-corrected chi connectivity index (χ1v) is 7.56. The number of thiophene rings is 1. The maximum Gasteiger partial charge on any atom is 0.0672 e. The Morgan fingerprint density at radius 1 is 1.47 bits per heavy atom. The largest absolute Gasteiger partial charge is 0.377 e. The van der Waals surface area contributed by atoms with Crippen LogP contribution in [0.2, 0.25) is 0 Å². The van der Waals surface area contributed by atoms with Crippen molar-refractivity contribution < 1.29 is 4.74 Å². The average Bonchev–Trinajstić information content (AvgIpc) is 2.92. The number of nitrogens with two attached hydrogens (primary N) is 1. The second-order valence-corrected chi connectivity index (χ2v) is 6.56. The molecule has 0 amide bonds. The molecule has 1 aliphatic heterocycles. The van der Waals surface area contributed by atoms with Gasteiger partial charge in [0.15, 0.2) is 0 Å². The van der Waals surface area contributed by atoms with Crippen molar-refractivity contribution in [3.63, 3.8) is 0 Å². The molecule has 2 fully saturated rings. The second kappa shape index (κ2) is 4.71. The molecule has 3 heteroatoms. The van der Waals surface area contributed by atoms with Crippen molar-refractivity contribution in [2.45, 2.75) is 38.2 Å². The predicted octanol–water partition coefficient (Wildman–Crippen LogP) is 2.82. The zero-order valence-electron chi connectivity index (χ0n) is 10.2. The van der Waals surface area contributed by atoms with E-state index in [1.165, 1.54) is 30.6 Å². The Morgan fingerprint density at radius 2 is 2.35 bits per heavy atom. The van der Waals surface area contributed by atoms with Gasteiger partial charge in [0.05, 0.1) is 6.10 Å². The van der Waals surface area contributed by atoms with Crippen molar-refractivity contribution >= 4 is 11.3 Å². The van der Waals surface area contributed by atoms with Crippen LogP contribution in [0.5, 0.6) is 0 Å². The highest BCUT2D eigenvalue weighted by Crippen LogP contribution is 2.49. The van der Waals surface area contributed by atoms with Crippen molar-refractivity contribution in [1.82, 2.24) is 0 Å². The first-order valence-electron chi connectivity index (χ1n) is 6.68. The molecule has 0 bridgehead atoms. The van der Waals surface area contributed by atoms with E-state index in [2.05, 4.69) is 17.5 Å². The van der Waals surface area contributed by atoms with Gasteiger partial charge in [0.1, 0.15) is 0 Å². The minimum atomic E-state index is 0.269. The summed E-state index contributed by atoms with van der Waals surface area (Å²) >= 11 is 1.86. The van der Waals surface area contributed by atoms with E-state index in [1.807, 2.05) is 11.3 Å². The third-order valence-electron chi connectivity index (χ3n) is 4.41. The van der Waals surface area contributed by atoms with Crippen molar-refractivity contribution in [2.24, 2.45) is 17.1 Å². The lowest BCUT2D eigenvalue weighted by Gasteiger charge is -2.33. The minimum Gasteiger partial charge on any atom is -0.377 e. The molecule has 1 aromatic rings. The van der Waals surface area contributed by atoms with Crippen LogP contribution in [0.15, 0.2) is 17.5 Å². The van der Waals surface area contributed by atoms with E-state index in [9.17, 15) is 0 Å². The summed E-state index contributed by atoms with van der Waals surface area (Å²) in [7, 11) is 0. The van der Waals surface area contributed by atoms with Crippen LogP contribution in [0.3, 0.4) is 0 Å². The summed E-state index contributed by atoms with van der Waals surface area (Å²) in [5.74, 6) is 0.810. The fourth-order valence-electron chi connectivity index (χ4n) is 3.16. The molecule has 2 heterocycles. The molecule has 1 saturated heterocycles. The third-order valence-corrected chi connectivity index (χ3v) is 5.34. The molecule has 2 aliphatic rings. The monoisotopic (exact) mass is 251 g/mol. The van der Waals surface area contributed by atoms with E-state index < -0.39 is 0 Å². The van der Waals surface area contributed by atoms with Crippen LogP contribution < -0.4 is 5.73 Å². The Hall–Kier alpha value is -0.380. The Bertz CT molecular complexity index is 360. The van der Waals surface area contributed by atoms with Gasteiger partial charge >= 0.3 is 0 Å². The quantitative estimate of drug-likeness (QED) is 0.873. The Labute approximate surface area is 107 Å². The Morgan fingerprint density at radius 3 is 3.00 bits per heavy atom. The standard InChI is InChI=1S/C14H21NOS/c15-10-14(6-5-12-2-1-9-17-12)7-8-16-13(14)11-3-4-11/h1-2,9,11,13H,3-8,10,15H2. The molecule has 1 aliphatic carbocycles. The van der Waals surface area contributed by atoms with Crippen molar-refractivity contribution in [3.8, 4) is 0 Å². The van der Waals surface area contributed by atoms with Gasteiger partial charge in [-0.3, -0.25) is 0 Å². The lowest BCUT2D eigenvalue weighted by molar-refractivity contribution is 0.0307. The second-order valence-electron chi connectivity index (χ2n) is 5.52. The van der Waals surface area contributed by atoms with E-state index in [-0.39, 0.29) is 5.41 Å². The Balaban J connectivity index is 1.68. The zero-order valence-corrected chi connectivity index (χ0v) is 11.0. The van der Waals surface area contributed by atoms with Crippen LogP contribution in [-0.4, -0.2) is 19.3 Å². The first-order chi connectivity index (χ1) is 8.34. The summed E-state index contributed by atoms with van der Waals surface area (Å²) in [6.45, 7) is 1.71. The number of hydrogen-bond acceptors (Lipinski definition) is 3. The van der Waals surface area contributed by atoms with E-state index in [4.69, 9.17) is 10.5 Å². The first kappa shape index (κ1) is 11.7. The topological polar surface area (TPSA) is 35.2 Å². The van der Waals surface area contributed by atoms with Crippen LogP contribution in [0, 0.1) is 11.3 Å². The van der Waals surface area contributed by atoms with Gasteiger partial charge in [-0.25, -0.2) is 0 Å². The van der Waals surface area contributed by atoms with E-state index in [0.29, 0.717) is 6.10 Å². The lowest BCUT2D eigenvalue weighted by atomic mass is 9.75. The van der Waals surface area contributed by atoms with E-state index >= 15 is 0 Å². The van der Waals surface area contributed by atoms with Gasteiger partial charge in [-0.05, 0) is 49.5 Å². The molecule has 0 radical (unpaired) electrons. The molecular weight excluding hydrogens is 230 g/mol. The maximum atomic E-state index is 6.09. The summed E-state index contributed by atoms with van der Waals surface area (Å²) in [5.41, 5.74) is 6.36. The summed E-state index contributed by atoms with van der Waals surface area (Å²) in [5, 5.41) is 2.16. The molecule has 2 atom stereocenters. The number of rotatable bonds is 5. The Kier molecular flexibility index (Phi) is 3.24. The fourth-order valence-corrected chi connectivity index (χ4v) is 3.87. The molecule has 1 aromatic heterocycles. The zero-order chi connectivity index (χ0) is 11.7. The molecule has 94 valence electrons. The van der Waals surface area contributed by atoms with Crippen LogP contribution in [0.4, 0.5) is 0 Å². The molecule has 1 saturated carbocycles. The van der Waals surface area contributed by atoms with E-state index in [0.717, 1.165) is 25.5 Å². The summed E-state index contributed by atoms with van der Waals surface area (Å²) in [6.07, 6.45) is 6.69. The normalized spacial score (nSPS) is 33.1. The number of aryl methyl sites for hydroxylation is 1. The van der Waals surface area contributed by atoms with Crippen LogP contribution in [0.1, 0.15) is 30.6 Å². The lowest BCUT2D eigenvalue weighted by Crippen LogP contribution is -2.40. The minimum absolute atomic E-state index is 0.269. The molecule has 2 N–H and O–H groups in total. The molecule has 0 aromatic carbocycles. The molecule has 17 heavy (non-hydrogen) atoms. The summed E-state index contributed by atoms with van der Waals surface area (Å²) in [4.78, 5) is 1.49. The number of hydrogen-bond donors (Lipinski definition) is 1. The van der Waals surface area contributed by atoms with Crippen molar-refractivity contribution in [1.29, 1.82) is 0 Å². The highest BCUT2D eigenvalue weighted by Gasteiger charge is 2.49. The fraction of sp³-hybridized carbons (Fsp3) is 0.714. The third kappa shape index (κ3) is 2.28. The number of ether oxygens (including phenoxy) is 1. The smallest absolute Gasteiger partial charge is 0.0672 e. The van der Waals surface area contributed by atoms with Crippen LogP contribution >= 0.6 is 11.3 Å². The van der Waals surface area contributed by atoms with Gasteiger partial charge in [0.2, 0.25) is 0 Å². The molecule has 0 spiro atoms. The maximum absolute atomic E-state index is 6.09. The molecule has 2 unspecified atom stereocenters. The van der Waals surface area contributed by atoms with Crippen molar-refractivity contribution in [3.05, 3.63) is 22.4 Å². The van der Waals surface area contributed by atoms with Gasteiger partial charge in [-0.2, -0.15) is 0 Å². The van der Waals surface area contributed by atoms with Crippen LogP contribution in [-0.2, 0) is 11.2 Å². The summed E-state index contributed by atoms with van der Waals surface area (Å²) < 4.78 is 5.98. The molecular formula is C14H21NOS.